The van der Waals surface area contributed by atoms with Crippen LogP contribution < -0.4 is 10.1 Å². The van der Waals surface area contributed by atoms with Gasteiger partial charge in [0.1, 0.15) is 11.3 Å². The number of carbonyl (C=O) groups excluding carboxylic acids is 2. The molecule has 1 saturated carbocycles. The molecular weight excluding hydrogens is 700 g/mol. The van der Waals surface area contributed by atoms with Crippen molar-refractivity contribution in [2.45, 2.75) is 134 Å². The van der Waals surface area contributed by atoms with Crippen molar-refractivity contribution in [3.8, 4) is 5.75 Å². The smallest absolute Gasteiger partial charge is 0.331 e. The number of nitrogens with one attached hydrogen (secondary N) is 1. The number of aromatic nitrogens is 1. The molecule has 1 N–H and O–H groups in total. The Morgan fingerprint density at radius 1 is 1.06 bits per heavy atom. The molecule has 1 aromatic heterocycles. The zero-order valence-corrected chi connectivity index (χ0v) is 35.0. The van der Waals surface area contributed by atoms with Crippen LogP contribution in [0.2, 0.25) is 23.2 Å². The third-order valence-corrected chi connectivity index (χ3v) is 17.9. The molecule has 0 amide bonds. The maximum Gasteiger partial charge on any atom is 0.331 e. The van der Waals surface area contributed by atoms with Gasteiger partial charge in [-0.2, -0.15) is 0 Å². The molecule has 0 bridgehead atoms. The molecule has 0 unspecified atom stereocenters. The van der Waals surface area contributed by atoms with E-state index < -0.39 is 13.9 Å². The number of rotatable bonds is 11. The highest BCUT2D eigenvalue weighted by atomic mass is 35.5. The van der Waals surface area contributed by atoms with Gasteiger partial charge in [0.25, 0.3) is 0 Å². The first kappa shape index (κ1) is 39.5. The van der Waals surface area contributed by atoms with E-state index in [9.17, 15) is 9.59 Å². The molecule has 3 aliphatic rings. The summed E-state index contributed by atoms with van der Waals surface area (Å²) in [6.45, 7) is 18.3. The molecule has 1 heterocycles. The van der Waals surface area contributed by atoms with E-state index in [0.717, 1.165) is 61.2 Å². The van der Waals surface area contributed by atoms with E-state index in [1.54, 1.807) is 6.92 Å². The Hall–Kier alpha value is -3.20. The maximum atomic E-state index is 13.5. The number of nitrogens with zero attached hydrogens (tertiary/aromatic N) is 1. The lowest BCUT2D eigenvalue weighted by molar-refractivity contribution is -0.148. The molecule has 3 aromatic rings. The van der Waals surface area contributed by atoms with E-state index in [0.29, 0.717) is 36.3 Å². The van der Waals surface area contributed by atoms with Gasteiger partial charge in [-0.1, -0.05) is 64.4 Å². The fraction of sp³-hybridized carbons (Fsp3) is 0.568. The molecule has 0 aliphatic heterocycles. The molecule has 0 radical (unpaired) electrons. The van der Waals surface area contributed by atoms with Crippen LogP contribution in [0, 0.1) is 11.8 Å². The lowest BCUT2D eigenvalue weighted by Gasteiger charge is -2.48. The van der Waals surface area contributed by atoms with Gasteiger partial charge in [0.05, 0.1) is 25.5 Å². The predicted molar refractivity (Wildman–Crippen MR) is 216 cm³/mol. The predicted octanol–water partition coefficient (Wildman–Crippen LogP) is 11.0. The monoisotopic (exact) mass is 758 g/mol. The first-order chi connectivity index (χ1) is 25.0. The van der Waals surface area contributed by atoms with E-state index in [2.05, 4.69) is 65.2 Å². The molecule has 1 spiro atoms. The van der Waals surface area contributed by atoms with Crippen LogP contribution >= 0.6 is 11.6 Å². The highest BCUT2D eigenvalue weighted by Crippen LogP contribution is 2.56. The summed E-state index contributed by atoms with van der Waals surface area (Å²) in [7, 11) is -0.525. The first-order valence-corrected chi connectivity index (χ1v) is 22.8. The van der Waals surface area contributed by atoms with Gasteiger partial charge in [-0.05, 0) is 141 Å². The summed E-state index contributed by atoms with van der Waals surface area (Å²) in [5, 5.41) is 4.28. The molecule has 4 atom stereocenters. The van der Waals surface area contributed by atoms with Gasteiger partial charge < -0.3 is 19.2 Å². The summed E-state index contributed by atoms with van der Waals surface area (Å²) >= 11 is 6.33. The number of Topliss-reactive ketones (excluding diaryl/α,β-unsaturated/α-hetero) is 1. The average molecular weight is 760 g/mol. The second kappa shape index (κ2) is 15.1. The number of esters is 1. The summed E-state index contributed by atoms with van der Waals surface area (Å²) in [4.78, 5) is 31.0. The van der Waals surface area contributed by atoms with Crippen molar-refractivity contribution in [1.29, 1.82) is 0 Å². The minimum Gasteiger partial charge on any atom is -0.493 e. The van der Waals surface area contributed by atoms with Gasteiger partial charge >= 0.3 is 5.97 Å². The van der Waals surface area contributed by atoms with Crippen molar-refractivity contribution in [2.75, 3.05) is 19.0 Å². The Morgan fingerprint density at radius 3 is 2.45 bits per heavy atom. The van der Waals surface area contributed by atoms with Crippen molar-refractivity contribution in [2.24, 2.45) is 11.8 Å². The van der Waals surface area contributed by atoms with Crippen molar-refractivity contribution >= 4 is 37.4 Å². The zero-order chi connectivity index (χ0) is 38.3. The molecular formula is C44H59ClN2O5Si. The highest BCUT2D eigenvalue weighted by molar-refractivity contribution is 6.74. The van der Waals surface area contributed by atoms with Gasteiger partial charge in [0.15, 0.2) is 14.1 Å². The lowest BCUT2D eigenvalue weighted by Crippen LogP contribution is -2.53. The molecule has 7 nitrogen and oxygen atoms in total. The number of pyridine rings is 1. The van der Waals surface area contributed by atoms with Gasteiger partial charge in [-0.3, -0.25) is 9.78 Å². The summed E-state index contributed by atoms with van der Waals surface area (Å²) in [6, 6.07) is 15.8. The number of ketones is 1. The van der Waals surface area contributed by atoms with Crippen LogP contribution in [0.4, 0.5) is 5.69 Å². The van der Waals surface area contributed by atoms with Crippen LogP contribution in [0.1, 0.15) is 131 Å². The molecule has 0 saturated heterocycles. The van der Waals surface area contributed by atoms with Crippen LogP contribution in [-0.2, 0) is 25.8 Å². The number of benzene rings is 2. The molecule has 9 heteroatoms. The van der Waals surface area contributed by atoms with Crippen LogP contribution in [0.25, 0.3) is 0 Å². The quantitative estimate of drug-likeness (QED) is 0.118. The fourth-order valence-corrected chi connectivity index (χ4v) is 10.6. The Labute approximate surface area is 323 Å². The summed E-state index contributed by atoms with van der Waals surface area (Å²) in [5.41, 5.74) is 5.35. The largest absolute Gasteiger partial charge is 0.493 e. The van der Waals surface area contributed by atoms with Crippen LogP contribution in [0.15, 0.2) is 54.7 Å². The molecule has 2 aromatic carbocycles. The second-order valence-corrected chi connectivity index (χ2v) is 23.0. The number of halogens is 1. The number of anilines is 1. The molecule has 3 aliphatic carbocycles. The van der Waals surface area contributed by atoms with Crippen molar-refractivity contribution < 1.29 is 23.5 Å². The van der Waals surface area contributed by atoms with Gasteiger partial charge in [-0.25, -0.2) is 4.79 Å². The Balaban J connectivity index is 1.23. The van der Waals surface area contributed by atoms with E-state index in [4.69, 9.17) is 30.5 Å². The minimum absolute atomic E-state index is 0.00316. The standard InChI is InChI=1S/C44H59ClN2O5Si/c1-28(27-51-37-17-22-46-40-38(16-13-29(2)39(37)40)52-53(8,9)42(4,5)6)23-33-24-32-15-14-31(30(3)48)25-36(32)43(33)18-20-44(21-19-43,41(49)50-7)47-35-12-10-11-34(45)26-35/h10-12,14-15,17,22,25-26,28-29,33,38,47H,13,16,18-21,23-24,27H2,1-9H3/t28-,29-,33+,38-,43?,44?/m1/s1. The number of ether oxygens (including phenoxy) is 2. The SMILES string of the molecule is COC(=O)C1(Nc2cccc(Cl)c2)CCC2(CC1)c1cc(C(C)=O)ccc1C[C@@H]2C[C@@H](C)COc1ccnc2c1[C@H](C)CC[C@H]2O[Si](C)(C)C(C)(C)C. The van der Waals surface area contributed by atoms with Crippen molar-refractivity contribution in [3.05, 3.63) is 87.7 Å². The maximum absolute atomic E-state index is 13.5. The Kier molecular flexibility index (Phi) is 11.3. The van der Waals surface area contributed by atoms with Crippen LogP contribution in [0.3, 0.4) is 0 Å². The molecule has 6 rings (SSSR count). The van der Waals surface area contributed by atoms with E-state index in [1.165, 1.54) is 23.8 Å². The van der Waals surface area contributed by atoms with Gasteiger partial charge in [0, 0.05) is 28.0 Å². The zero-order valence-electron chi connectivity index (χ0n) is 33.2. The Morgan fingerprint density at radius 2 is 1.79 bits per heavy atom. The fourth-order valence-electron chi connectivity index (χ4n) is 9.11. The number of methoxy groups -OCH3 is 1. The average Bonchev–Trinajstić information content (AvgIpc) is 3.39. The topological polar surface area (TPSA) is 86.8 Å². The number of hydrogen-bond donors (Lipinski definition) is 1. The van der Waals surface area contributed by atoms with Crippen molar-refractivity contribution in [3.63, 3.8) is 0 Å². The van der Waals surface area contributed by atoms with E-state index in [-0.39, 0.29) is 34.2 Å². The summed E-state index contributed by atoms with van der Waals surface area (Å²) in [6.07, 6.45) is 8.64. The molecule has 1 fully saturated rings. The number of fused-ring (bicyclic) bond motifs is 3. The third kappa shape index (κ3) is 7.83. The summed E-state index contributed by atoms with van der Waals surface area (Å²) in [5.74, 6) is 1.71. The van der Waals surface area contributed by atoms with Crippen molar-refractivity contribution in [1.82, 2.24) is 4.98 Å². The second-order valence-electron chi connectivity index (χ2n) is 17.8. The lowest BCUT2D eigenvalue weighted by atomic mass is 9.59. The molecule has 286 valence electrons. The summed E-state index contributed by atoms with van der Waals surface area (Å²) < 4.78 is 19.1. The normalized spacial score (nSPS) is 26.0. The highest BCUT2D eigenvalue weighted by Gasteiger charge is 2.54. The van der Waals surface area contributed by atoms with Crippen LogP contribution in [0.5, 0.6) is 5.75 Å². The van der Waals surface area contributed by atoms with E-state index >= 15 is 0 Å². The van der Waals surface area contributed by atoms with Gasteiger partial charge in [0.2, 0.25) is 0 Å². The molecule has 53 heavy (non-hydrogen) atoms. The minimum atomic E-state index is -1.99. The Bertz CT molecular complexity index is 1830. The number of hydrogen-bond acceptors (Lipinski definition) is 7. The van der Waals surface area contributed by atoms with Crippen LogP contribution in [-0.4, -0.2) is 44.3 Å². The number of carbonyl (C=O) groups is 2. The first-order valence-electron chi connectivity index (χ1n) is 19.5. The van der Waals surface area contributed by atoms with Gasteiger partial charge in [-0.15, -0.1) is 0 Å². The third-order valence-electron chi connectivity index (χ3n) is 13.2. The van der Waals surface area contributed by atoms with E-state index in [1.807, 2.05) is 42.6 Å².